The summed E-state index contributed by atoms with van der Waals surface area (Å²) in [6.45, 7) is 2.15. The molecule has 0 saturated heterocycles. The fourth-order valence-corrected chi connectivity index (χ4v) is 2.14. The first-order valence-electron chi connectivity index (χ1n) is 3.70. The first-order valence-corrected chi connectivity index (χ1v) is 4.58. The number of hydrogen-bond donors (Lipinski definition) is 0. The number of hydrogen-bond acceptors (Lipinski definition) is 1. The summed E-state index contributed by atoms with van der Waals surface area (Å²) in [6.07, 6.45) is 8.59. The van der Waals surface area contributed by atoms with Crippen LogP contribution in [0.4, 0.5) is 0 Å². The van der Waals surface area contributed by atoms with Crippen LogP contribution < -0.4 is 0 Å². The lowest BCUT2D eigenvalue weighted by Gasteiger charge is -1.94. The third kappa shape index (κ3) is 1.16. The standard InChI is InChI=1S/C10H9S/c1-8-6-7-11-10(8)9-4-2-3-5-9/h2,4,6-7H,3H2,1H3. The van der Waals surface area contributed by atoms with Crippen LogP contribution in [0.25, 0.3) is 5.57 Å². The molecule has 1 heteroatoms. The van der Waals surface area contributed by atoms with E-state index in [4.69, 9.17) is 0 Å². The average Bonchev–Trinajstić information content (AvgIpc) is 2.55. The highest BCUT2D eigenvalue weighted by atomic mass is 32.1. The topological polar surface area (TPSA) is 0 Å². The fourth-order valence-electron chi connectivity index (χ4n) is 1.21. The van der Waals surface area contributed by atoms with Crippen LogP contribution in [-0.2, 0) is 0 Å². The lowest BCUT2D eigenvalue weighted by molar-refractivity contribution is 1.40. The van der Waals surface area contributed by atoms with E-state index in [0.29, 0.717) is 0 Å². The van der Waals surface area contributed by atoms with Gasteiger partial charge in [-0.1, -0.05) is 12.2 Å². The van der Waals surface area contributed by atoms with Gasteiger partial charge in [0.1, 0.15) is 0 Å². The van der Waals surface area contributed by atoms with Crippen molar-refractivity contribution in [2.24, 2.45) is 0 Å². The van der Waals surface area contributed by atoms with Gasteiger partial charge in [-0.05, 0) is 42.0 Å². The van der Waals surface area contributed by atoms with E-state index in [0.717, 1.165) is 6.42 Å². The summed E-state index contributed by atoms with van der Waals surface area (Å²) in [5.41, 5.74) is 2.64. The number of allylic oxidation sites excluding steroid dienone is 4. The SMILES string of the molecule is Cc1ccsc1C1=[C]CC=C1. The molecular formula is C10H9S. The second-order valence-electron chi connectivity index (χ2n) is 2.63. The van der Waals surface area contributed by atoms with E-state index >= 15 is 0 Å². The lowest BCUT2D eigenvalue weighted by Crippen LogP contribution is -1.74. The van der Waals surface area contributed by atoms with Crippen LogP contribution in [0.5, 0.6) is 0 Å². The summed E-state index contributed by atoms with van der Waals surface area (Å²) in [6, 6.07) is 2.15. The van der Waals surface area contributed by atoms with Crippen molar-refractivity contribution in [3.63, 3.8) is 0 Å². The highest BCUT2D eigenvalue weighted by molar-refractivity contribution is 7.11. The molecule has 0 fully saturated rings. The Balaban J connectivity index is 2.43. The van der Waals surface area contributed by atoms with Crippen molar-refractivity contribution in [3.05, 3.63) is 40.1 Å². The number of thiophene rings is 1. The van der Waals surface area contributed by atoms with E-state index in [1.165, 1.54) is 16.0 Å². The van der Waals surface area contributed by atoms with Gasteiger partial charge in [0, 0.05) is 4.88 Å². The molecule has 1 aliphatic rings. The third-order valence-electron chi connectivity index (χ3n) is 1.80. The Labute approximate surface area is 70.9 Å². The molecule has 11 heavy (non-hydrogen) atoms. The van der Waals surface area contributed by atoms with Gasteiger partial charge in [-0.15, -0.1) is 11.3 Å². The summed E-state index contributed by atoms with van der Waals surface area (Å²) in [7, 11) is 0. The van der Waals surface area contributed by atoms with Crippen molar-refractivity contribution in [2.45, 2.75) is 13.3 Å². The maximum absolute atomic E-state index is 3.32. The molecule has 1 aromatic heterocycles. The monoisotopic (exact) mass is 161 g/mol. The van der Waals surface area contributed by atoms with Gasteiger partial charge in [-0.2, -0.15) is 0 Å². The molecule has 1 aliphatic carbocycles. The van der Waals surface area contributed by atoms with Crippen molar-refractivity contribution in [2.75, 3.05) is 0 Å². The zero-order valence-electron chi connectivity index (χ0n) is 6.42. The highest BCUT2D eigenvalue weighted by Gasteiger charge is 2.05. The number of rotatable bonds is 1. The van der Waals surface area contributed by atoms with Gasteiger partial charge in [-0.3, -0.25) is 0 Å². The molecule has 0 aliphatic heterocycles. The molecule has 0 amide bonds. The van der Waals surface area contributed by atoms with E-state index in [-0.39, 0.29) is 0 Å². The molecule has 0 atom stereocenters. The van der Waals surface area contributed by atoms with E-state index < -0.39 is 0 Å². The number of aryl methyl sites for hydroxylation is 1. The van der Waals surface area contributed by atoms with Gasteiger partial charge in [0.25, 0.3) is 0 Å². The van der Waals surface area contributed by atoms with Crippen LogP contribution in [0.3, 0.4) is 0 Å². The predicted octanol–water partition coefficient (Wildman–Crippen LogP) is 3.20. The van der Waals surface area contributed by atoms with Crippen molar-refractivity contribution < 1.29 is 0 Å². The molecule has 0 saturated carbocycles. The van der Waals surface area contributed by atoms with E-state index in [1.54, 1.807) is 11.3 Å². The Bertz CT molecular complexity index is 315. The second kappa shape index (κ2) is 2.67. The minimum Gasteiger partial charge on any atom is -0.144 e. The second-order valence-corrected chi connectivity index (χ2v) is 3.55. The molecule has 2 rings (SSSR count). The molecular weight excluding hydrogens is 152 g/mol. The average molecular weight is 161 g/mol. The molecule has 0 unspecified atom stereocenters. The van der Waals surface area contributed by atoms with Gasteiger partial charge >= 0.3 is 0 Å². The Morgan fingerprint density at radius 1 is 1.55 bits per heavy atom. The van der Waals surface area contributed by atoms with Crippen LogP contribution in [0.1, 0.15) is 16.9 Å². The van der Waals surface area contributed by atoms with E-state index in [1.807, 2.05) is 0 Å². The van der Waals surface area contributed by atoms with E-state index in [9.17, 15) is 0 Å². The molecule has 0 nitrogen and oxygen atoms in total. The van der Waals surface area contributed by atoms with Gasteiger partial charge in [0.2, 0.25) is 0 Å². The third-order valence-corrected chi connectivity index (χ3v) is 2.85. The first kappa shape index (κ1) is 6.86. The predicted molar refractivity (Wildman–Crippen MR) is 49.5 cm³/mol. The minimum atomic E-state index is 0.979. The highest BCUT2D eigenvalue weighted by Crippen LogP contribution is 2.28. The van der Waals surface area contributed by atoms with E-state index in [2.05, 4.69) is 36.6 Å². The summed E-state index contributed by atoms with van der Waals surface area (Å²) < 4.78 is 0. The molecule has 0 spiro atoms. The van der Waals surface area contributed by atoms with Crippen molar-refractivity contribution in [1.29, 1.82) is 0 Å². The van der Waals surface area contributed by atoms with Gasteiger partial charge < -0.3 is 0 Å². The quantitative estimate of drug-likeness (QED) is 0.593. The summed E-state index contributed by atoms with van der Waals surface area (Å²) in [5.74, 6) is 0. The van der Waals surface area contributed by atoms with Crippen molar-refractivity contribution in [3.8, 4) is 0 Å². The van der Waals surface area contributed by atoms with Crippen LogP contribution in [0.2, 0.25) is 0 Å². The Kier molecular flexibility index (Phi) is 1.66. The maximum atomic E-state index is 3.32. The Hall–Kier alpha value is -0.820. The van der Waals surface area contributed by atoms with Crippen LogP contribution in [0.15, 0.2) is 23.6 Å². The van der Waals surface area contributed by atoms with Gasteiger partial charge in [0.05, 0.1) is 0 Å². The van der Waals surface area contributed by atoms with Crippen LogP contribution >= 0.6 is 11.3 Å². The van der Waals surface area contributed by atoms with Crippen LogP contribution in [-0.4, -0.2) is 0 Å². The summed E-state index contributed by atoms with van der Waals surface area (Å²) in [4.78, 5) is 1.37. The molecule has 0 bridgehead atoms. The largest absolute Gasteiger partial charge is 0.144 e. The summed E-state index contributed by atoms with van der Waals surface area (Å²) in [5, 5.41) is 2.13. The minimum absolute atomic E-state index is 0.979. The maximum Gasteiger partial charge on any atom is 0.0374 e. The van der Waals surface area contributed by atoms with Crippen molar-refractivity contribution >= 4 is 16.9 Å². The zero-order valence-corrected chi connectivity index (χ0v) is 7.24. The molecule has 0 N–H and O–H groups in total. The lowest BCUT2D eigenvalue weighted by atomic mass is 10.2. The molecule has 1 radical (unpaired) electrons. The first-order chi connectivity index (χ1) is 5.38. The molecule has 55 valence electrons. The normalized spacial score (nSPS) is 15.5. The van der Waals surface area contributed by atoms with Gasteiger partial charge in [0.15, 0.2) is 0 Å². The Morgan fingerprint density at radius 3 is 3.00 bits per heavy atom. The fraction of sp³-hybridized carbons (Fsp3) is 0.200. The Morgan fingerprint density at radius 2 is 2.45 bits per heavy atom. The van der Waals surface area contributed by atoms with Gasteiger partial charge in [-0.25, -0.2) is 0 Å². The molecule has 1 aromatic rings. The molecule has 0 aromatic carbocycles. The summed E-state index contributed by atoms with van der Waals surface area (Å²) >= 11 is 1.80. The van der Waals surface area contributed by atoms with Crippen molar-refractivity contribution in [1.82, 2.24) is 0 Å². The zero-order chi connectivity index (χ0) is 7.68. The molecule has 1 heterocycles. The smallest absolute Gasteiger partial charge is 0.0374 e. The van der Waals surface area contributed by atoms with Crippen LogP contribution in [0, 0.1) is 13.0 Å².